The number of amides is 1. The van der Waals surface area contributed by atoms with Gasteiger partial charge in [-0.15, -0.1) is 0 Å². The summed E-state index contributed by atoms with van der Waals surface area (Å²) in [7, 11) is 1.66. The van der Waals surface area contributed by atoms with E-state index in [2.05, 4.69) is 50.4 Å². The highest BCUT2D eigenvalue weighted by molar-refractivity contribution is 5.94. The Morgan fingerprint density at radius 2 is 1.58 bits per heavy atom. The molecule has 2 aromatic rings. The Kier molecular flexibility index (Phi) is 6.56. The minimum Gasteiger partial charge on any atom is -0.380 e. The normalized spacial score (nSPS) is 12.2. The summed E-state index contributed by atoms with van der Waals surface area (Å²) < 4.78 is 5.10. The van der Waals surface area contributed by atoms with Gasteiger partial charge in [0.2, 0.25) is 0 Å². The average Bonchev–Trinajstić information content (AvgIpc) is 2.60. The third kappa shape index (κ3) is 4.68. The highest BCUT2D eigenvalue weighted by Crippen LogP contribution is 2.23. The molecule has 3 nitrogen and oxygen atoms in total. The predicted molar refractivity (Wildman–Crippen MR) is 98.0 cm³/mol. The molecule has 0 saturated heterocycles. The lowest BCUT2D eigenvalue weighted by molar-refractivity contribution is 0.0925. The summed E-state index contributed by atoms with van der Waals surface area (Å²) in [5.74, 6) is 0.270. The first-order chi connectivity index (χ1) is 11.5. The molecule has 0 radical (unpaired) electrons. The zero-order chi connectivity index (χ0) is 17.5. The maximum Gasteiger partial charge on any atom is 0.251 e. The summed E-state index contributed by atoms with van der Waals surface area (Å²) in [4.78, 5) is 12.6. The van der Waals surface area contributed by atoms with Gasteiger partial charge >= 0.3 is 0 Å². The van der Waals surface area contributed by atoms with Gasteiger partial charge in [-0.05, 0) is 41.2 Å². The summed E-state index contributed by atoms with van der Waals surface area (Å²) in [5, 5.41) is 3.17. The van der Waals surface area contributed by atoms with Crippen molar-refractivity contribution in [2.45, 2.75) is 39.8 Å². The molecule has 0 aliphatic rings. The lowest BCUT2D eigenvalue weighted by atomic mass is 9.94. The lowest BCUT2D eigenvalue weighted by Crippen LogP contribution is -2.31. The van der Waals surface area contributed by atoms with Crippen LogP contribution < -0.4 is 5.32 Å². The van der Waals surface area contributed by atoms with Crippen molar-refractivity contribution in [2.75, 3.05) is 7.11 Å². The fourth-order valence-corrected chi connectivity index (χ4v) is 2.74. The molecule has 1 amide bonds. The van der Waals surface area contributed by atoms with Gasteiger partial charge in [-0.3, -0.25) is 4.79 Å². The van der Waals surface area contributed by atoms with Gasteiger partial charge in [-0.25, -0.2) is 0 Å². The molecule has 1 atom stereocenters. The highest BCUT2D eigenvalue weighted by atomic mass is 16.5. The molecule has 0 aliphatic heterocycles. The van der Waals surface area contributed by atoms with Crippen molar-refractivity contribution in [3.8, 4) is 0 Å². The molecule has 0 aromatic heterocycles. The maximum absolute atomic E-state index is 12.6. The highest BCUT2D eigenvalue weighted by Gasteiger charge is 2.19. The zero-order valence-corrected chi connectivity index (χ0v) is 15.0. The van der Waals surface area contributed by atoms with Crippen LogP contribution in [-0.2, 0) is 17.8 Å². The number of carbonyl (C=O) groups excluding carboxylic acids is 1. The summed E-state index contributed by atoms with van der Waals surface area (Å²) >= 11 is 0. The molecule has 2 aromatic carbocycles. The molecular weight excluding hydrogens is 298 g/mol. The Balaban J connectivity index is 2.12. The van der Waals surface area contributed by atoms with Crippen molar-refractivity contribution in [3.63, 3.8) is 0 Å². The predicted octanol–water partition coefficient (Wildman–Crippen LogP) is 4.52. The quantitative estimate of drug-likeness (QED) is 0.812. The Bertz CT molecular complexity index is 645. The summed E-state index contributed by atoms with van der Waals surface area (Å²) in [6.07, 6.45) is 1.02. The van der Waals surface area contributed by atoms with Gasteiger partial charge in [0, 0.05) is 12.7 Å². The van der Waals surface area contributed by atoms with Crippen LogP contribution in [0.4, 0.5) is 0 Å². The van der Waals surface area contributed by atoms with E-state index in [-0.39, 0.29) is 11.9 Å². The van der Waals surface area contributed by atoms with Crippen LogP contribution in [0.15, 0.2) is 48.5 Å². The molecular formula is C21H27NO2. The topological polar surface area (TPSA) is 38.3 Å². The van der Waals surface area contributed by atoms with E-state index in [4.69, 9.17) is 4.74 Å². The standard InChI is InChI=1S/C21H27NO2/c1-5-16-6-10-18(11-7-16)20(15(2)3)22-21(23)19-12-8-17(9-13-19)14-24-4/h6-13,15,20H,5,14H2,1-4H3,(H,22,23). The van der Waals surface area contributed by atoms with Crippen LogP contribution in [0.3, 0.4) is 0 Å². The molecule has 24 heavy (non-hydrogen) atoms. The third-order valence-electron chi connectivity index (χ3n) is 4.23. The molecule has 0 bridgehead atoms. The fourth-order valence-electron chi connectivity index (χ4n) is 2.74. The zero-order valence-electron chi connectivity index (χ0n) is 15.0. The Labute approximate surface area is 145 Å². The molecule has 2 rings (SSSR count). The minimum atomic E-state index is -0.0442. The van der Waals surface area contributed by atoms with E-state index in [1.54, 1.807) is 7.11 Å². The summed E-state index contributed by atoms with van der Waals surface area (Å²) in [5.41, 5.74) is 4.18. The monoisotopic (exact) mass is 325 g/mol. The van der Waals surface area contributed by atoms with E-state index in [0.29, 0.717) is 18.1 Å². The molecule has 0 aliphatic carbocycles. The summed E-state index contributed by atoms with van der Waals surface area (Å²) in [6, 6.07) is 16.1. The third-order valence-corrected chi connectivity index (χ3v) is 4.23. The van der Waals surface area contributed by atoms with Gasteiger partial charge in [-0.2, -0.15) is 0 Å². The van der Waals surface area contributed by atoms with Crippen LogP contribution in [0, 0.1) is 5.92 Å². The first-order valence-corrected chi connectivity index (χ1v) is 8.52. The minimum absolute atomic E-state index is 0.00191. The van der Waals surface area contributed by atoms with E-state index in [1.165, 1.54) is 5.56 Å². The van der Waals surface area contributed by atoms with Gasteiger partial charge in [0.25, 0.3) is 5.91 Å². The number of benzene rings is 2. The van der Waals surface area contributed by atoms with Crippen LogP contribution in [0.25, 0.3) is 0 Å². The first-order valence-electron chi connectivity index (χ1n) is 8.52. The Hall–Kier alpha value is -2.13. The number of methoxy groups -OCH3 is 1. The van der Waals surface area contributed by atoms with Crippen molar-refractivity contribution in [2.24, 2.45) is 5.92 Å². The lowest BCUT2D eigenvalue weighted by Gasteiger charge is -2.23. The fraction of sp³-hybridized carbons (Fsp3) is 0.381. The number of nitrogens with one attached hydrogen (secondary N) is 1. The second-order valence-corrected chi connectivity index (χ2v) is 6.42. The number of rotatable bonds is 7. The van der Waals surface area contributed by atoms with Crippen molar-refractivity contribution >= 4 is 5.91 Å². The van der Waals surface area contributed by atoms with Gasteiger partial charge in [0.15, 0.2) is 0 Å². The molecule has 3 heteroatoms. The van der Waals surface area contributed by atoms with Crippen molar-refractivity contribution in [1.29, 1.82) is 0 Å². The number of aryl methyl sites for hydroxylation is 1. The average molecular weight is 325 g/mol. The second-order valence-electron chi connectivity index (χ2n) is 6.42. The maximum atomic E-state index is 12.6. The molecule has 0 heterocycles. The molecule has 0 fully saturated rings. The van der Waals surface area contributed by atoms with Crippen LogP contribution in [0.2, 0.25) is 0 Å². The van der Waals surface area contributed by atoms with Crippen LogP contribution in [-0.4, -0.2) is 13.0 Å². The van der Waals surface area contributed by atoms with Crippen LogP contribution in [0.5, 0.6) is 0 Å². The van der Waals surface area contributed by atoms with Gasteiger partial charge < -0.3 is 10.1 Å². The van der Waals surface area contributed by atoms with Crippen LogP contribution >= 0.6 is 0 Å². The number of hydrogen-bond acceptors (Lipinski definition) is 2. The van der Waals surface area contributed by atoms with E-state index in [1.807, 2.05) is 24.3 Å². The van der Waals surface area contributed by atoms with Crippen molar-refractivity contribution in [3.05, 3.63) is 70.8 Å². The van der Waals surface area contributed by atoms with E-state index in [0.717, 1.165) is 17.5 Å². The van der Waals surface area contributed by atoms with E-state index < -0.39 is 0 Å². The second kappa shape index (κ2) is 8.65. The summed E-state index contributed by atoms with van der Waals surface area (Å²) in [6.45, 7) is 6.95. The molecule has 0 spiro atoms. The van der Waals surface area contributed by atoms with E-state index in [9.17, 15) is 4.79 Å². The molecule has 128 valence electrons. The SMILES string of the molecule is CCc1ccc(C(NC(=O)c2ccc(COC)cc2)C(C)C)cc1. The van der Waals surface area contributed by atoms with Crippen molar-refractivity contribution in [1.82, 2.24) is 5.32 Å². The van der Waals surface area contributed by atoms with Crippen molar-refractivity contribution < 1.29 is 9.53 Å². The number of hydrogen-bond donors (Lipinski definition) is 1. The Morgan fingerprint density at radius 1 is 1.00 bits per heavy atom. The molecule has 1 unspecified atom stereocenters. The number of carbonyl (C=O) groups is 1. The largest absolute Gasteiger partial charge is 0.380 e. The molecule has 0 saturated carbocycles. The van der Waals surface area contributed by atoms with Gasteiger partial charge in [0.05, 0.1) is 12.6 Å². The van der Waals surface area contributed by atoms with E-state index >= 15 is 0 Å². The smallest absolute Gasteiger partial charge is 0.251 e. The van der Waals surface area contributed by atoms with Gasteiger partial charge in [0.1, 0.15) is 0 Å². The number of ether oxygens (including phenoxy) is 1. The Morgan fingerprint density at radius 3 is 2.08 bits per heavy atom. The molecule has 1 N–H and O–H groups in total. The van der Waals surface area contributed by atoms with Gasteiger partial charge in [-0.1, -0.05) is 57.2 Å². The first kappa shape index (κ1) is 18.2. The van der Waals surface area contributed by atoms with Crippen LogP contribution in [0.1, 0.15) is 53.9 Å².